The minimum absolute atomic E-state index is 0.0461. The Kier molecular flexibility index (Phi) is 3.50. The lowest BCUT2D eigenvalue weighted by molar-refractivity contribution is -0.129. The number of carbonyl (C=O) groups is 2. The van der Waals surface area contributed by atoms with E-state index in [1.807, 2.05) is 36.4 Å². The molecule has 0 unspecified atom stereocenters. The quantitative estimate of drug-likeness (QED) is 0.783. The molecule has 0 aromatic heterocycles. The predicted molar refractivity (Wildman–Crippen MR) is 76.6 cm³/mol. The number of carbonyl (C=O) groups excluding carboxylic acids is 2. The first-order valence-electron chi connectivity index (χ1n) is 6.97. The fourth-order valence-electron chi connectivity index (χ4n) is 2.67. The molecule has 3 nitrogen and oxygen atoms in total. The van der Waals surface area contributed by atoms with E-state index in [0.29, 0.717) is 18.4 Å². The van der Waals surface area contributed by atoms with Gasteiger partial charge in [-0.2, -0.15) is 0 Å². The number of Topliss-reactive ketones (excluding diaryl/α,β-unsaturated/α-hetero) is 1. The van der Waals surface area contributed by atoms with Crippen molar-refractivity contribution in [3.63, 3.8) is 0 Å². The minimum atomic E-state index is -0.560. The molecule has 3 rings (SSSR count). The van der Waals surface area contributed by atoms with E-state index in [4.69, 9.17) is 4.74 Å². The van der Waals surface area contributed by atoms with Crippen molar-refractivity contribution in [3.05, 3.63) is 48.0 Å². The standard InChI is InChI=1S/C17H16O3/c18-15-10-3-4-11-16(15)20-17(19)14-9-5-7-12-6-1-2-8-13(12)14/h1-2,5-9,16H,3-4,10-11H2/t16-/m1/s1. The first-order valence-corrected chi connectivity index (χ1v) is 6.97. The topological polar surface area (TPSA) is 43.4 Å². The highest BCUT2D eigenvalue weighted by Gasteiger charge is 2.26. The van der Waals surface area contributed by atoms with Crippen LogP contribution in [0.1, 0.15) is 36.0 Å². The Balaban J connectivity index is 1.87. The molecule has 1 atom stereocenters. The van der Waals surface area contributed by atoms with Crippen LogP contribution in [0.5, 0.6) is 0 Å². The summed E-state index contributed by atoms with van der Waals surface area (Å²) in [6.45, 7) is 0. The number of ether oxygens (including phenoxy) is 1. The Morgan fingerprint density at radius 2 is 1.85 bits per heavy atom. The summed E-state index contributed by atoms with van der Waals surface area (Å²) in [5.41, 5.74) is 0.529. The van der Waals surface area contributed by atoms with Crippen molar-refractivity contribution in [2.75, 3.05) is 0 Å². The largest absolute Gasteiger partial charge is 0.451 e. The molecule has 0 bridgehead atoms. The van der Waals surface area contributed by atoms with Crippen molar-refractivity contribution < 1.29 is 14.3 Å². The molecular weight excluding hydrogens is 252 g/mol. The summed E-state index contributed by atoms with van der Waals surface area (Å²) in [5.74, 6) is -0.355. The van der Waals surface area contributed by atoms with Gasteiger partial charge in [0.1, 0.15) is 0 Å². The van der Waals surface area contributed by atoms with Crippen molar-refractivity contribution in [1.29, 1.82) is 0 Å². The Labute approximate surface area is 117 Å². The van der Waals surface area contributed by atoms with E-state index in [2.05, 4.69) is 0 Å². The van der Waals surface area contributed by atoms with E-state index in [-0.39, 0.29) is 5.78 Å². The minimum Gasteiger partial charge on any atom is -0.451 e. The highest BCUT2D eigenvalue weighted by Crippen LogP contribution is 2.22. The van der Waals surface area contributed by atoms with Gasteiger partial charge in [-0.25, -0.2) is 4.79 Å². The van der Waals surface area contributed by atoms with Gasteiger partial charge in [-0.3, -0.25) is 4.79 Å². The molecule has 0 spiro atoms. The molecule has 0 saturated heterocycles. The molecule has 3 heteroatoms. The Morgan fingerprint density at radius 3 is 2.70 bits per heavy atom. The molecule has 1 fully saturated rings. The Hall–Kier alpha value is -2.16. The summed E-state index contributed by atoms with van der Waals surface area (Å²) < 4.78 is 5.41. The molecule has 20 heavy (non-hydrogen) atoms. The lowest BCUT2D eigenvalue weighted by Crippen LogP contribution is -2.30. The van der Waals surface area contributed by atoms with Crippen molar-refractivity contribution in [2.45, 2.75) is 31.8 Å². The summed E-state index contributed by atoms with van der Waals surface area (Å²) in [4.78, 5) is 24.0. The average Bonchev–Trinajstić information content (AvgIpc) is 2.49. The van der Waals surface area contributed by atoms with Gasteiger partial charge in [0.2, 0.25) is 0 Å². The molecule has 0 heterocycles. The van der Waals surface area contributed by atoms with Gasteiger partial charge in [-0.1, -0.05) is 36.4 Å². The van der Waals surface area contributed by atoms with E-state index in [0.717, 1.165) is 23.6 Å². The van der Waals surface area contributed by atoms with E-state index in [1.54, 1.807) is 6.07 Å². The predicted octanol–water partition coefficient (Wildman–Crippen LogP) is 3.51. The normalized spacial score (nSPS) is 19.0. The second-order valence-electron chi connectivity index (χ2n) is 5.13. The second-order valence-corrected chi connectivity index (χ2v) is 5.13. The maximum absolute atomic E-state index is 12.3. The molecule has 102 valence electrons. The van der Waals surface area contributed by atoms with Crippen LogP contribution in [0.15, 0.2) is 42.5 Å². The second kappa shape index (κ2) is 5.45. The smallest absolute Gasteiger partial charge is 0.339 e. The van der Waals surface area contributed by atoms with Gasteiger partial charge >= 0.3 is 5.97 Å². The molecule has 1 aliphatic carbocycles. The number of esters is 1. The zero-order valence-electron chi connectivity index (χ0n) is 11.2. The van der Waals surface area contributed by atoms with Crippen LogP contribution in [0.4, 0.5) is 0 Å². The summed E-state index contributed by atoms with van der Waals surface area (Å²) in [6, 6.07) is 13.2. The van der Waals surface area contributed by atoms with Gasteiger partial charge in [0.15, 0.2) is 11.9 Å². The molecule has 1 aliphatic rings. The van der Waals surface area contributed by atoms with Crippen molar-refractivity contribution in [3.8, 4) is 0 Å². The molecule has 1 saturated carbocycles. The first kappa shape index (κ1) is 12.9. The van der Waals surface area contributed by atoms with Crippen molar-refractivity contribution >= 4 is 22.5 Å². The fraction of sp³-hybridized carbons (Fsp3) is 0.294. The van der Waals surface area contributed by atoms with Gasteiger partial charge in [0, 0.05) is 6.42 Å². The molecule has 0 N–H and O–H groups in total. The first-order chi connectivity index (χ1) is 9.75. The summed E-state index contributed by atoms with van der Waals surface area (Å²) in [5, 5.41) is 1.86. The van der Waals surface area contributed by atoms with Gasteiger partial charge in [0.05, 0.1) is 5.56 Å². The highest BCUT2D eigenvalue weighted by atomic mass is 16.5. The van der Waals surface area contributed by atoms with Gasteiger partial charge in [-0.15, -0.1) is 0 Å². The van der Waals surface area contributed by atoms with Crippen LogP contribution < -0.4 is 0 Å². The van der Waals surface area contributed by atoms with Crippen LogP contribution >= 0.6 is 0 Å². The lowest BCUT2D eigenvalue weighted by atomic mass is 9.96. The maximum Gasteiger partial charge on any atom is 0.339 e. The monoisotopic (exact) mass is 268 g/mol. The maximum atomic E-state index is 12.3. The third kappa shape index (κ3) is 2.44. The van der Waals surface area contributed by atoms with E-state index in [9.17, 15) is 9.59 Å². The third-order valence-electron chi connectivity index (χ3n) is 3.76. The number of ketones is 1. The van der Waals surface area contributed by atoms with Crippen LogP contribution in [0.25, 0.3) is 10.8 Å². The summed E-state index contributed by atoms with van der Waals surface area (Å²) in [7, 11) is 0. The van der Waals surface area contributed by atoms with Crippen LogP contribution in [-0.2, 0) is 9.53 Å². The molecule has 0 amide bonds. The molecule has 2 aromatic carbocycles. The van der Waals surface area contributed by atoms with Gasteiger partial charge in [0.25, 0.3) is 0 Å². The van der Waals surface area contributed by atoms with Crippen LogP contribution in [-0.4, -0.2) is 17.9 Å². The van der Waals surface area contributed by atoms with Crippen LogP contribution in [0.3, 0.4) is 0 Å². The van der Waals surface area contributed by atoms with Crippen molar-refractivity contribution in [2.24, 2.45) is 0 Å². The molecule has 0 aliphatic heterocycles. The third-order valence-corrected chi connectivity index (χ3v) is 3.76. The lowest BCUT2D eigenvalue weighted by Gasteiger charge is -2.21. The van der Waals surface area contributed by atoms with Crippen LogP contribution in [0.2, 0.25) is 0 Å². The Morgan fingerprint density at radius 1 is 1.05 bits per heavy atom. The number of hydrogen-bond donors (Lipinski definition) is 0. The highest BCUT2D eigenvalue weighted by molar-refractivity contribution is 6.05. The van der Waals surface area contributed by atoms with Crippen molar-refractivity contribution in [1.82, 2.24) is 0 Å². The van der Waals surface area contributed by atoms with Gasteiger partial charge in [-0.05, 0) is 36.1 Å². The zero-order chi connectivity index (χ0) is 13.9. The molecule has 0 radical (unpaired) electrons. The van der Waals surface area contributed by atoms with E-state index < -0.39 is 12.1 Å². The summed E-state index contributed by atoms with van der Waals surface area (Å²) in [6.07, 6.45) is 2.46. The fourth-order valence-corrected chi connectivity index (χ4v) is 2.67. The van der Waals surface area contributed by atoms with Gasteiger partial charge < -0.3 is 4.74 Å². The number of fused-ring (bicyclic) bond motifs is 1. The van der Waals surface area contributed by atoms with E-state index >= 15 is 0 Å². The Bertz CT molecular complexity index is 655. The molecular formula is C17H16O3. The zero-order valence-corrected chi connectivity index (χ0v) is 11.2. The summed E-state index contributed by atoms with van der Waals surface area (Å²) >= 11 is 0. The number of benzene rings is 2. The average molecular weight is 268 g/mol. The van der Waals surface area contributed by atoms with E-state index in [1.165, 1.54) is 0 Å². The van der Waals surface area contributed by atoms with Crippen LogP contribution in [0, 0.1) is 0 Å². The number of rotatable bonds is 2. The SMILES string of the molecule is O=C(O[C@@H]1CCCCC1=O)c1cccc2ccccc12. The molecule has 2 aromatic rings. The number of hydrogen-bond acceptors (Lipinski definition) is 3.